The number of carbonyl (C=O) groups excluding carboxylic acids is 1. The van der Waals surface area contributed by atoms with Gasteiger partial charge in [-0.3, -0.25) is 19.3 Å². The molecule has 4 nitrogen and oxygen atoms in total. The molecule has 0 aliphatic carbocycles. The number of halogens is 2. The zero-order valence-corrected chi connectivity index (χ0v) is 7.38. The first kappa shape index (κ1) is 8.83. The number of likely N-dealkylation sites (tertiary alicyclic amines) is 1. The highest BCUT2D eigenvalue weighted by Crippen LogP contribution is 2.41. The van der Waals surface area contributed by atoms with E-state index in [2.05, 4.69) is 4.74 Å². The van der Waals surface area contributed by atoms with Crippen LogP contribution in [-0.2, 0) is 9.53 Å². The fraction of sp³-hybridized carbons (Fsp3) is 0.857. The Morgan fingerprint density at radius 3 is 2.23 bits per heavy atom. The van der Waals surface area contributed by atoms with Gasteiger partial charge in [-0.25, -0.2) is 0 Å². The summed E-state index contributed by atoms with van der Waals surface area (Å²) in [6.45, 7) is 0.484. The lowest BCUT2D eigenvalue weighted by Gasteiger charge is -2.42. The monoisotopic (exact) mass is 192 g/mol. The normalized spacial score (nSPS) is 31.1. The average Bonchev–Trinajstić information content (AvgIpc) is 2.11. The number of nitrogens with zero attached hydrogens (tertiary/aromatic N) is 2. The summed E-state index contributed by atoms with van der Waals surface area (Å²) >= 11 is 0. The molecule has 74 valence electrons. The van der Waals surface area contributed by atoms with Crippen molar-refractivity contribution in [3.63, 3.8) is 0 Å². The van der Waals surface area contributed by atoms with Gasteiger partial charge >= 0.3 is 6.23 Å². The lowest BCUT2D eigenvalue weighted by atomic mass is 9.94. The summed E-state index contributed by atoms with van der Waals surface area (Å²) < 4.78 is 30.3. The number of alkyl halides is 2. The van der Waals surface area contributed by atoms with Crippen LogP contribution in [0.15, 0.2) is 0 Å². The molecule has 0 bridgehead atoms. The van der Waals surface area contributed by atoms with Gasteiger partial charge in [-0.05, 0) is 7.05 Å². The fourth-order valence-electron chi connectivity index (χ4n) is 1.80. The average molecular weight is 192 g/mol. The maximum atomic E-state index is 12.9. The lowest BCUT2D eigenvalue weighted by molar-refractivity contribution is -0.315. The number of ether oxygens (including phenoxy) is 1. The third-order valence-electron chi connectivity index (χ3n) is 2.45. The molecule has 0 aromatic carbocycles. The molecule has 0 aromatic heterocycles. The van der Waals surface area contributed by atoms with Crippen molar-refractivity contribution >= 4 is 5.91 Å². The summed E-state index contributed by atoms with van der Waals surface area (Å²) in [5.41, 5.74) is -1.28. The predicted octanol–water partition coefficient (Wildman–Crippen LogP) is -0.291. The maximum Gasteiger partial charge on any atom is 0.451 e. The second-order valence-electron chi connectivity index (χ2n) is 3.62. The number of amides is 1. The molecule has 0 radical (unpaired) electrons. The Morgan fingerprint density at radius 2 is 1.92 bits per heavy atom. The smallest absolute Gasteiger partial charge is 0.299 e. The van der Waals surface area contributed by atoms with Crippen molar-refractivity contribution in [1.82, 2.24) is 9.80 Å². The molecule has 2 fully saturated rings. The molecule has 0 N–H and O–H groups in total. The molecule has 0 aromatic rings. The molecule has 2 rings (SSSR count). The minimum atomic E-state index is -3.45. The summed E-state index contributed by atoms with van der Waals surface area (Å²) in [7, 11) is 2.80. The molecular weight excluding hydrogens is 182 g/mol. The van der Waals surface area contributed by atoms with E-state index < -0.39 is 17.7 Å². The first-order chi connectivity index (χ1) is 5.87. The fourth-order valence-corrected chi connectivity index (χ4v) is 1.80. The molecule has 13 heavy (non-hydrogen) atoms. The zero-order chi connectivity index (χ0) is 9.85. The number of hydrogen-bond donors (Lipinski definition) is 0. The highest BCUT2D eigenvalue weighted by molar-refractivity contribution is 5.88. The molecule has 0 atom stereocenters. The summed E-state index contributed by atoms with van der Waals surface area (Å²) in [4.78, 5) is 13.5. The van der Waals surface area contributed by atoms with Gasteiger partial charge < -0.3 is 0 Å². The quantitative estimate of drug-likeness (QED) is 0.494. The molecule has 2 aliphatic rings. The Morgan fingerprint density at radius 1 is 1.38 bits per heavy atom. The third-order valence-corrected chi connectivity index (χ3v) is 2.45. The van der Waals surface area contributed by atoms with Crippen molar-refractivity contribution in [2.45, 2.75) is 11.8 Å². The largest absolute Gasteiger partial charge is 0.451 e. The molecule has 2 heterocycles. The highest BCUT2D eigenvalue weighted by atomic mass is 19.3. The second-order valence-corrected chi connectivity index (χ2v) is 3.62. The molecule has 1 spiro atoms. The van der Waals surface area contributed by atoms with E-state index in [0.29, 0.717) is 4.90 Å². The van der Waals surface area contributed by atoms with Crippen molar-refractivity contribution in [3.05, 3.63) is 0 Å². The Kier molecular flexibility index (Phi) is 1.49. The van der Waals surface area contributed by atoms with E-state index in [0.717, 1.165) is 7.05 Å². The van der Waals surface area contributed by atoms with Crippen molar-refractivity contribution in [3.8, 4) is 0 Å². The molecule has 0 unspecified atom stereocenters. The number of hydrogen-bond acceptors (Lipinski definition) is 3. The first-order valence-electron chi connectivity index (χ1n) is 3.92. The Balaban J connectivity index is 2.23. The van der Waals surface area contributed by atoms with Gasteiger partial charge in [-0.1, -0.05) is 0 Å². The van der Waals surface area contributed by atoms with E-state index >= 15 is 0 Å². The van der Waals surface area contributed by atoms with E-state index in [4.69, 9.17) is 0 Å². The van der Waals surface area contributed by atoms with Crippen molar-refractivity contribution in [1.29, 1.82) is 0 Å². The van der Waals surface area contributed by atoms with Gasteiger partial charge in [0.15, 0.2) is 5.60 Å². The van der Waals surface area contributed by atoms with Gasteiger partial charge in [0.1, 0.15) is 0 Å². The summed E-state index contributed by atoms with van der Waals surface area (Å²) in [5.74, 6) is -0.629. The van der Waals surface area contributed by atoms with Crippen LogP contribution in [0.5, 0.6) is 0 Å². The highest BCUT2D eigenvalue weighted by Gasteiger charge is 2.65. The van der Waals surface area contributed by atoms with E-state index in [1.54, 1.807) is 11.9 Å². The number of likely N-dealkylation sites (N-methyl/N-ethyl adjacent to an activating group) is 2. The maximum absolute atomic E-state index is 12.9. The zero-order valence-electron chi connectivity index (χ0n) is 7.38. The van der Waals surface area contributed by atoms with Gasteiger partial charge in [-0.15, -0.1) is 0 Å². The van der Waals surface area contributed by atoms with E-state index in [1.165, 1.54) is 0 Å². The molecule has 1 amide bonds. The Labute approximate surface area is 74.0 Å². The molecule has 6 heteroatoms. The summed E-state index contributed by atoms with van der Waals surface area (Å²) in [6.07, 6.45) is -3.45. The Hall–Kier alpha value is -0.750. The SMILES string of the molecule is CN1CC2(C1)OC(F)(F)N(C)C2=O. The van der Waals surface area contributed by atoms with Crippen molar-refractivity contribution in [2.75, 3.05) is 27.2 Å². The van der Waals surface area contributed by atoms with Crippen LogP contribution in [0.4, 0.5) is 8.78 Å². The van der Waals surface area contributed by atoms with Crippen LogP contribution in [0, 0.1) is 0 Å². The van der Waals surface area contributed by atoms with Crippen LogP contribution in [-0.4, -0.2) is 54.7 Å². The number of carbonyl (C=O) groups is 1. The molecule has 2 saturated heterocycles. The van der Waals surface area contributed by atoms with Gasteiger partial charge in [0, 0.05) is 20.1 Å². The number of rotatable bonds is 0. The third kappa shape index (κ3) is 0.986. The van der Waals surface area contributed by atoms with Crippen molar-refractivity contribution < 1.29 is 18.3 Å². The van der Waals surface area contributed by atoms with Crippen molar-refractivity contribution in [2.24, 2.45) is 0 Å². The van der Waals surface area contributed by atoms with Gasteiger partial charge in [0.2, 0.25) is 0 Å². The van der Waals surface area contributed by atoms with Crippen LogP contribution in [0.3, 0.4) is 0 Å². The van der Waals surface area contributed by atoms with Gasteiger partial charge in [0.25, 0.3) is 5.91 Å². The minimum absolute atomic E-state index is 0.242. The van der Waals surface area contributed by atoms with Crippen LogP contribution < -0.4 is 0 Å². The van der Waals surface area contributed by atoms with Crippen LogP contribution in [0.25, 0.3) is 0 Å². The molecular formula is C7H10F2N2O2. The minimum Gasteiger partial charge on any atom is -0.299 e. The van der Waals surface area contributed by atoms with E-state index in [1.807, 2.05) is 0 Å². The van der Waals surface area contributed by atoms with Crippen LogP contribution >= 0.6 is 0 Å². The summed E-state index contributed by atoms with van der Waals surface area (Å²) in [5, 5.41) is 0. The van der Waals surface area contributed by atoms with Crippen LogP contribution in [0.1, 0.15) is 0 Å². The topological polar surface area (TPSA) is 32.8 Å². The van der Waals surface area contributed by atoms with Crippen LogP contribution in [0.2, 0.25) is 0 Å². The van der Waals surface area contributed by atoms with E-state index in [-0.39, 0.29) is 13.1 Å². The lowest BCUT2D eigenvalue weighted by Crippen LogP contribution is -2.64. The van der Waals surface area contributed by atoms with Gasteiger partial charge in [0.05, 0.1) is 0 Å². The first-order valence-corrected chi connectivity index (χ1v) is 3.92. The molecule has 0 saturated carbocycles. The second kappa shape index (κ2) is 2.19. The molecule has 2 aliphatic heterocycles. The van der Waals surface area contributed by atoms with Gasteiger partial charge in [-0.2, -0.15) is 8.78 Å². The Bertz CT molecular complexity index is 263. The van der Waals surface area contributed by atoms with E-state index in [9.17, 15) is 13.6 Å². The predicted molar refractivity (Wildman–Crippen MR) is 39.0 cm³/mol. The standard InChI is InChI=1S/C7H10F2N2O2/c1-10-3-6(4-10)5(12)11(2)7(8,9)13-6/h3-4H2,1-2H3. The summed E-state index contributed by atoms with van der Waals surface area (Å²) in [6, 6.07) is 0.